The number of imidazole rings is 1. The zero-order chi connectivity index (χ0) is 14.1. The first-order valence-electron chi connectivity index (χ1n) is 7.85. The predicted octanol–water partition coefficient (Wildman–Crippen LogP) is 3.97. The second-order valence-electron chi connectivity index (χ2n) is 6.00. The fraction of sp³-hybridized carbons (Fsp3) is 0.733. The third-order valence-electron chi connectivity index (χ3n) is 4.63. The maximum absolute atomic E-state index is 5.49. The molecule has 0 bridgehead atoms. The molecule has 0 amide bonds. The third-order valence-corrected chi connectivity index (χ3v) is 4.95. The molecule has 0 aliphatic heterocycles. The highest BCUT2D eigenvalue weighted by molar-refractivity contribution is 7.71. The molecule has 1 saturated carbocycles. The standard InChI is InChI=1S/C15H24N4S/c1-3-12-13-14(18(2)17-12)19(15(20)16-13)10-6-9-11-7-4-5-8-11/h11H,3-10H2,1-2H3,(H,16,20). The average Bonchev–Trinajstić information content (AvgIpc) is 3.10. The molecule has 0 radical (unpaired) electrons. The zero-order valence-electron chi connectivity index (χ0n) is 12.5. The zero-order valence-corrected chi connectivity index (χ0v) is 13.3. The Hall–Kier alpha value is -1.10. The number of H-pyrrole nitrogens is 1. The Labute approximate surface area is 125 Å². The van der Waals surface area contributed by atoms with Gasteiger partial charge in [0.25, 0.3) is 0 Å². The van der Waals surface area contributed by atoms with Gasteiger partial charge in [0, 0.05) is 13.6 Å². The van der Waals surface area contributed by atoms with Crippen LogP contribution in [0.4, 0.5) is 0 Å². The second kappa shape index (κ2) is 5.72. The highest BCUT2D eigenvalue weighted by atomic mass is 32.1. The van der Waals surface area contributed by atoms with E-state index in [0.29, 0.717) is 0 Å². The molecule has 110 valence electrons. The molecule has 0 aromatic carbocycles. The molecule has 20 heavy (non-hydrogen) atoms. The van der Waals surface area contributed by atoms with E-state index in [0.717, 1.165) is 40.5 Å². The number of hydrogen-bond acceptors (Lipinski definition) is 2. The van der Waals surface area contributed by atoms with Gasteiger partial charge in [-0.05, 0) is 37.4 Å². The van der Waals surface area contributed by atoms with Crippen LogP contribution in [0.1, 0.15) is 51.1 Å². The van der Waals surface area contributed by atoms with E-state index in [4.69, 9.17) is 12.2 Å². The van der Waals surface area contributed by atoms with Crippen LogP contribution in [0.2, 0.25) is 0 Å². The topological polar surface area (TPSA) is 38.5 Å². The average molecular weight is 292 g/mol. The molecule has 1 aliphatic carbocycles. The molecular weight excluding hydrogens is 268 g/mol. The van der Waals surface area contributed by atoms with Gasteiger partial charge in [-0.3, -0.25) is 4.68 Å². The van der Waals surface area contributed by atoms with Crippen LogP contribution in [0.3, 0.4) is 0 Å². The van der Waals surface area contributed by atoms with E-state index in [9.17, 15) is 0 Å². The highest BCUT2D eigenvalue weighted by Crippen LogP contribution is 2.29. The van der Waals surface area contributed by atoms with Crippen LogP contribution in [-0.4, -0.2) is 19.3 Å². The molecular formula is C15H24N4S. The molecule has 2 aromatic rings. The van der Waals surface area contributed by atoms with Gasteiger partial charge in [0.1, 0.15) is 5.52 Å². The van der Waals surface area contributed by atoms with Gasteiger partial charge < -0.3 is 9.55 Å². The molecule has 1 N–H and O–H groups in total. The first-order valence-corrected chi connectivity index (χ1v) is 8.26. The minimum atomic E-state index is 0.842. The smallest absolute Gasteiger partial charge is 0.179 e. The molecule has 0 spiro atoms. The van der Waals surface area contributed by atoms with Crippen LogP contribution < -0.4 is 0 Å². The number of fused-ring (bicyclic) bond motifs is 1. The quantitative estimate of drug-likeness (QED) is 0.847. The molecule has 3 rings (SSSR count). The van der Waals surface area contributed by atoms with E-state index >= 15 is 0 Å². The molecule has 0 atom stereocenters. The summed E-state index contributed by atoms with van der Waals surface area (Å²) < 4.78 is 5.04. The van der Waals surface area contributed by atoms with E-state index in [1.165, 1.54) is 38.5 Å². The number of aromatic amines is 1. The van der Waals surface area contributed by atoms with Crippen molar-refractivity contribution >= 4 is 23.4 Å². The van der Waals surface area contributed by atoms with Crippen LogP contribution in [-0.2, 0) is 20.0 Å². The minimum Gasteiger partial charge on any atom is -0.328 e. The summed E-state index contributed by atoms with van der Waals surface area (Å²) in [5, 5.41) is 4.57. The van der Waals surface area contributed by atoms with Gasteiger partial charge in [0.15, 0.2) is 10.4 Å². The van der Waals surface area contributed by atoms with Crippen molar-refractivity contribution in [3.63, 3.8) is 0 Å². The summed E-state index contributed by atoms with van der Waals surface area (Å²) in [5.41, 5.74) is 3.39. The Morgan fingerprint density at radius 2 is 2.10 bits per heavy atom. The summed E-state index contributed by atoms with van der Waals surface area (Å²) in [6, 6.07) is 0. The largest absolute Gasteiger partial charge is 0.328 e. The number of rotatable bonds is 5. The van der Waals surface area contributed by atoms with E-state index in [1.54, 1.807) is 0 Å². The first kappa shape index (κ1) is 13.9. The van der Waals surface area contributed by atoms with Gasteiger partial charge in [-0.1, -0.05) is 32.6 Å². The maximum atomic E-state index is 5.49. The maximum Gasteiger partial charge on any atom is 0.179 e. The van der Waals surface area contributed by atoms with Gasteiger partial charge in [-0.2, -0.15) is 5.10 Å². The molecule has 1 aliphatic rings. The SMILES string of the molecule is CCc1nn(C)c2c1[nH]c(=S)n2CCCC1CCCC1. The number of aromatic nitrogens is 4. The van der Waals surface area contributed by atoms with Crippen LogP contribution in [0.25, 0.3) is 11.2 Å². The number of hydrogen-bond donors (Lipinski definition) is 1. The van der Waals surface area contributed by atoms with Crippen molar-refractivity contribution in [3.05, 3.63) is 10.5 Å². The van der Waals surface area contributed by atoms with Gasteiger partial charge in [-0.15, -0.1) is 0 Å². The lowest BCUT2D eigenvalue weighted by Crippen LogP contribution is -2.05. The Morgan fingerprint density at radius 3 is 2.80 bits per heavy atom. The van der Waals surface area contributed by atoms with Crippen molar-refractivity contribution in [2.45, 2.75) is 58.4 Å². The molecule has 4 nitrogen and oxygen atoms in total. The van der Waals surface area contributed by atoms with Gasteiger partial charge >= 0.3 is 0 Å². The summed E-state index contributed by atoms with van der Waals surface area (Å²) in [5.74, 6) is 0.955. The Morgan fingerprint density at radius 1 is 1.35 bits per heavy atom. The lowest BCUT2D eigenvalue weighted by atomic mass is 10.0. The van der Waals surface area contributed by atoms with Crippen LogP contribution in [0.5, 0.6) is 0 Å². The number of nitrogens with zero attached hydrogens (tertiary/aromatic N) is 3. The molecule has 2 aromatic heterocycles. The summed E-state index contributed by atoms with van der Waals surface area (Å²) in [4.78, 5) is 3.34. The minimum absolute atomic E-state index is 0.842. The van der Waals surface area contributed by atoms with E-state index in [1.807, 2.05) is 11.7 Å². The first-order chi connectivity index (χ1) is 9.70. The van der Waals surface area contributed by atoms with E-state index in [2.05, 4.69) is 21.6 Å². The number of nitrogens with one attached hydrogen (secondary N) is 1. The van der Waals surface area contributed by atoms with Crippen LogP contribution >= 0.6 is 12.2 Å². The summed E-state index contributed by atoms with van der Waals surface area (Å²) in [6.45, 7) is 3.15. The van der Waals surface area contributed by atoms with Crippen molar-refractivity contribution in [1.29, 1.82) is 0 Å². The van der Waals surface area contributed by atoms with Crippen molar-refractivity contribution < 1.29 is 0 Å². The fourth-order valence-electron chi connectivity index (χ4n) is 3.57. The lowest BCUT2D eigenvalue weighted by molar-refractivity contribution is 0.458. The lowest BCUT2D eigenvalue weighted by Gasteiger charge is -2.09. The molecule has 5 heteroatoms. The Balaban J connectivity index is 1.78. The highest BCUT2D eigenvalue weighted by Gasteiger charge is 2.16. The van der Waals surface area contributed by atoms with E-state index < -0.39 is 0 Å². The second-order valence-corrected chi connectivity index (χ2v) is 6.38. The molecule has 0 saturated heterocycles. The van der Waals surface area contributed by atoms with Crippen LogP contribution in [0, 0.1) is 10.7 Å². The van der Waals surface area contributed by atoms with Gasteiger partial charge in [0.2, 0.25) is 0 Å². The van der Waals surface area contributed by atoms with Gasteiger partial charge in [0.05, 0.1) is 5.69 Å². The van der Waals surface area contributed by atoms with E-state index in [-0.39, 0.29) is 0 Å². The van der Waals surface area contributed by atoms with Gasteiger partial charge in [-0.25, -0.2) is 0 Å². The van der Waals surface area contributed by atoms with Crippen molar-refractivity contribution in [1.82, 2.24) is 19.3 Å². The number of aryl methyl sites for hydroxylation is 3. The summed E-state index contributed by atoms with van der Waals surface area (Å²) in [7, 11) is 2.01. The van der Waals surface area contributed by atoms with Crippen molar-refractivity contribution in [2.75, 3.05) is 0 Å². The predicted molar refractivity (Wildman–Crippen MR) is 84.5 cm³/mol. The van der Waals surface area contributed by atoms with Crippen molar-refractivity contribution in [2.24, 2.45) is 13.0 Å². The Kier molecular flexibility index (Phi) is 3.96. The monoisotopic (exact) mass is 292 g/mol. The third kappa shape index (κ3) is 2.43. The Bertz CT molecular complexity index is 643. The van der Waals surface area contributed by atoms with Crippen LogP contribution in [0.15, 0.2) is 0 Å². The fourth-order valence-corrected chi connectivity index (χ4v) is 3.85. The summed E-state index contributed by atoms with van der Waals surface area (Å²) >= 11 is 5.49. The normalized spacial score (nSPS) is 16.5. The molecule has 0 unspecified atom stereocenters. The van der Waals surface area contributed by atoms with Crippen molar-refractivity contribution in [3.8, 4) is 0 Å². The molecule has 1 fully saturated rings. The molecule has 2 heterocycles. The summed E-state index contributed by atoms with van der Waals surface area (Å²) in [6.07, 6.45) is 9.22.